The fraction of sp³-hybridized carbons (Fsp3) is 0.500. The largest absolute Gasteiger partial charge is 0.493 e. The van der Waals surface area contributed by atoms with Crippen LogP contribution in [0.2, 0.25) is 0 Å². The summed E-state index contributed by atoms with van der Waals surface area (Å²) in [7, 11) is 0. The molecular weight excluding hydrogens is 298 g/mol. The third-order valence-electron chi connectivity index (χ3n) is 2.60. The number of carbonyl (C=O) groups is 1. The van der Waals surface area contributed by atoms with Gasteiger partial charge in [-0.25, -0.2) is 0 Å². The Morgan fingerprint density at radius 3 is 2.24 bits per heavy atom. The molecule has 0 aliphatic carbocycles. The fourth-order valence-corrected chi connectivity index (χ4v) is 1.79. The topological polar surface area (TPSA) is 78.7 Å². The van der Waals surface area contributed by atoms with Crippen molar-refractivity contribution in [3.05, 3.63) is 27.8 Å². The molecule has 0 N–H and O–H groups in total. The lowest BCUT2D eigenvalue weighted by Crippen LogP contribution is -2.08. The first-order valence-electron chi connectivity index (χ1n) is 6.72. The Morgan fingerprint density at radius 1 is 1.19 bits per heavy atom. The summed E-state index contributed by atoms with van der Waals surface area (Å²) in [5, 5.41) is 11.1. The first-order chi connectivity index (χ1) is 10.0. The van der Waals surface area contributed by atoms with Gasteiger partial charge in [0.25, 0.3) is 0 Å². The zero-order valence-corrected chi connectivity index (χ0v) is 12.8. The monoisotopic (exact) mass is 315 g/mol. The number of hydrogen-bond acceptors (Lipinski definition) is 5. The minimum absolute atomic E-state index is 0.0964. The van der Waals surface area contributed by atoms with Gasteiger partial charge in [-0.1, -0.05) is 13.8 Å². The Balaban J connectivity index is 3.30. The first-order valence-corrected chi connectivity index (χ1v) is 7.25. The molecule has 0 saturated heterocycles. The molecule has 0 aliphatic rings. The maximum absolute atomic E-state index is 11.8. The van der Waals surface area contributed by atoms with Crippen molar-refractivity contribution in [1.82, 2.24) is 0 Å². The smallest absolute Gasteiger partial charge is 0.311 e. The van der Waals surface area contributed by atoms with Gasteiger partial charge in [-0.3, -0.25) is 14.9 Å². The van der Waals surface area contributed by atoms with Crippen LogP contribution in [0.1, 0.15) is 37.0 Å². The Morgan fingerprint density at radius 2 is 1.76 bits per heavy atom. The number of halogens is 1. The number of nitro benzene ring substituents is 1. The van der Waals surface area contributed by atoms with Crippen molar-refractivity contribution < 1.29 is 19.2 Å². The molecule has 116 valence electrons. The molecule has 0 fully saturated rings. The van der Waals surface area contributed by atoms with Gasteiger partial charge in [-0.2, -0.15) is 0 Å². The Kier molecular flexibility index (Phi) is 6.94. The molecule has 0 atom stereocenters. The molecule has 6 nitrogen and oxygen atoms in total. The number of benzene rings is 1. The summed E-state index contributed by atoms with van der Waals surface area (Å²) in [4.78, 5) is 22.4. The van der Waals surface area contributed by atoms with E-state index in [2.05, 4.69) is 0 Å². The van der Waals surface area contributed by atoms with E-state index < -0.39 is 10.7 Å². The van der Waals surface area contributed by atoms with Gasteiger partial charge >= 0.3 is 5.69 Å². The highest BCUT2D eigenvalue weighted by Crippen LogP contribution is 2.35. The van der Waals surface area contributed by atoms with Crippen molar-refractivity contribution in [2.45, 2.75) is 26.7 Å². The predicted octanol–water partition coefficient (Wildman–Crippen LogP) is 3.59. The van der Waals surface area contributed by atoms with Gasteiger partial charge in [-0.15, -0.1) is 11.6 Å². The Bertz CT molecular complexity index is 518. The molecule has 21 heavy (non-hydrogen) atoms. The van der Waals surface area contributed by atoms with Crippen molar-refractivity contribution >= 4 is 23.1 Å². The van der Waals surface area contributed by atoms with E-state index in [1.54, 1.807) is 0 Å². The third kappa shape index (κ3) is 4.60. The van der Waals surface area contributed by atoms with E-state index in [1.807, 2.05) is 13.8 Å². The first kappa shape index (κ1) is 17.2. The van der Waals surface area contributed by atoms with Crippen LogP contribution >= 0.6 is 11.6 Å². The second-order valence-electron chi connectivity index (χ2n) is 4.33. The number of nitrogens with zero attached hydrogens (tertiary/aromatic N) is 1. The van der Waals surface area contributed by atoms with Gasteiger partial charge in [0.1, 0.15) is 5.75 Å². The maximum Gasteiger partial charge on any atom is 0.311 e. The summed E-state index contributed by atoms with van der Waals surface area (Å²) < 4.78 is 10.9. The molecule has 0 radical (unpaired) electrons. The predicted molar refractivity (Wildman–Crippen MR) is 79.7 cm³/mol. The molecule has 0 heterocycles. The van der Waals surface area contributed by atoms with Crippen LogP contribution in [0.25, 0.3) is 0 Å². The Hall–Kier alpha value is -1.82. The lowest BCUT2D eigenvalue weighted by molar-refractivity contribution is -0.385. The van der Waals surface area contributed by atoms with Gasteiger partial charge in [0, 0.05) is 12.1 Å². The van der Waals surface area contributed by atoms with Gasteiger partial charge in [-0.05, 0) is 12.8 Å². The normalized spacial score (nSPS) is 10.2. The second kappa shape index (κ2) is 8.46. The summed E-state index contributed by atoms with van der Waals surface area (Å²) in [6, 6.07) is 2.56. The molecule has 7 heteroatoms. The van der Waals surface area contributed by atoms with E-state index in [1.165, 1.54) is 12.1 Å². The van der Waals surface area contributed by atoms with Crippen molar-refractivity contribution in [1.29, 1.82) is 0 Å². The summed E-state index contributed by atoms with van der Waals surface area (Å²) in [5.74, 6) is -0.333. The van der Waals surface area contributed by atoms with Crippen molar-refractivity contribution in [2.24, 2.45) is 0 Å². The zero-order chi connectivity index (χ0) is 15.8. The number of alkyl halides is 1. The molecule has 0 amide bonds. The molecule has 1 aromatic carbocycles. The van der Waals surface area contributed by atoms with E-state index >= 15 is 0 Å². The van der Waals surface area contributed by atoms with Crippen molar-refractivity contribution in [2.75, 3.05) is 19.1 Å². The Labute approximate surface area is 128 Å². The minimum Gasteiger partial charge on any atom is -0.493 e. The number of hydrogen-bond donors (Lipinski definition) is 0. The van der Waals surface area contributed by atoms with Crippen LogP contribution < -0.4 is 9.47 Å². The number of ether oxygens (including phenoxy) is 2. The quantitative estimate of drug-likeness (QED) is 0.301. The van der Waals surface area contributed by atoms with E-state index in [0.29, 0.717) is 19.6 Å². The highest BCUT2D eigenvalue weighted by atomic mass is 35.5. The van der Waals surface area contributed by atoms with E-state index in [4.69, 9.17) is 21.1 Å². The number of carbonyl (C=O) groups excluding carboxylic acids is 1. The highest BCUT2D eigenvalue weighted by Gasteiger charge is 2.23. The van der Waals surface area contributed by atoms with Gasteiger partial charge in [0.2, 0.25) is 5.75 Å². The minimum atomic E-state index is -0.584. The summed E-state index contributed by atoms with van der Waals surface area (Å²) in [6.07, 6.45) is 1.46. The molecule has 0 spiro atoms. The van der Waals surface area contributed by atoms with Gasteiger partial charge in [0.05, 0.1) is 29.6 Å². The van der Waals surface area contributed by atoms with Crippen LogP contribution in [0.3, 0.4) is 0 Å². The lowest BCUT2D eigenvalue weighted by Gasteiger charge is -2.12. The third-order valence-corrected chi connectivity index (χ3v) is 2.85. The summed E-state index contributed by atoms with van der Waals surface area (Å²) >= 11 is 5.54. The molecule has 1 rings (SSSR count). The molecule has 0 unspecified atom stereocenters. The van der Waals surface area contributed by atoms with Crippen LogP contribution in [0.15, 0.2) is 12.1 Å². The van der Waals surface area contributed by atoms with Crippen molar-refractivity contribution in [3.63, 3.8) is 0 Å². The zero-order valence-electron chi connectivity index (χ0n) is 12.1. The molecule has 1 aromatic rings. The number of rotatable bonds is 9. The molecule has 0 bridgehead atoms. The average Bonchev–Trinajstić information content (AvgIpc) is 2.49. The molecule has 0 saturated carbocycles. The second-order valence-corrected chi connectivity index (χ2v) is 4.59. The molecular formula is C14H18ClNO5. The van der Waals surface area contributed by atoms with Crippen molar-refractivity contribution in [3.8, 4) is 11.5 Å². The number of ketones is 1. The highest BCUT2D eigenvalue weighted by molar-refractivity contribution is 6.30. The van der Waals surface area contributed by atoms with Crippen LogP contribution in [-0.2, 0) is 0 Å². The fourth-order valence-electron chi connectivity index (χ4n) is 1.64. The van der Waals surface area contributed by atoms with Gasteiger partial charge < -0.3 is 9.47 Å². The molecule has 0 aliphatic heterocycles. The van der Waals surface area contributed by atoms with E-state index in [9.17, 15) is 14.9 Å². The van der Waals surface area contributed by atoms with E-state index in [0.717, 1.165) is 6.42 Å². The average molecular weight is 316 g/mol. The van der Waals surface area contributed by atoms with Crippen LogP contribution in [-0.4, -0.2) is 29.8 Å². The van der Waals surface area contributed by atoms with Crippen LogP contribution in [0.5, 0.6) is 11.5 Å². The number of nitro groups is 1. The lowest BCUT2D eigenvalue weighted by atomic mass is 10.1. The summed E-state index contributed by atoms with van der Waals surface area (Å²) in [5.41, 5.74) is -0.158. The SMILES string of the molecule is CCCOc1cc(OCCC)c([N+](=O)[O-])cc1C(=O)CCl. The van der Waals surface area contributed by atoms with Crippen LogP contribution in [0.4, 0.5) is 5.69 Å². The van der Waals surface area contributed by atoms with Crippen LogP contribution in [0, 0.1) is 10.1 Å². The standard InChI is InChI=1S/C14H18ClNO5/c1-3-5-20-13-8-14(21-6-4-2)11(16(18)19)7-10(13)12(17)9-15/h7-8H,3-6,9H2,1-2H3. The van der Waals surface area contributed by atoms with Gasteiger partial charge in [0.15, 0.2) is 5.78 Å². The van der Waals surface area contributed by atoms with E-state index in [-0.39, 0.29) is 28.6 Å². The molecule has 0 aromatic heterocycles. The summed E-state index contributed by atoms with van der Waals surface area (Å²) in [6.45, 7) is 4.55. The maximum atomic E-state index is 11.8. The number of Topliss-reactive ketones (excluding diaryl/α,β-unsaturated/α-hetero) is 1.